The second-order valence-electron chi connectivity index (χ2n) is 4.73. The summed E-state index contributed by atoms with van der Waals surface area (Å²) in [6.07, 6.45) is 6.53. The van der Waals surface area contributed by atoms with E-state index in [1.807, 2.05) is 6.20 Å². The van der Waals surface area contributed by atoms with Gasteiger partial charge < -0.3 is 4.57 Å². The van der Waals surface area contributed by atoms with Gasteiger partial charge in [-0.3, -0.25) is 0 Å². The fraction of sp³-hybridized carbons (Fsp3) is 0.308. The number of alkyl halides is 1. The predicted molar refractivity (Wildman–Crippen MR) is 71.6 cm³/mol. The molecule has 0 N–H and O–H groups in total. The summed E-state index contributed by atoms with van der Waals surface area (Å²) in [7, 11) is 0. The Hall–Kier alpha value is -0.840. The molecule has 2 aliphatic heterocycles. The van der Waals surface area contributed by atoms with Crippen LogP contribution in [0.25, 0.3) is 11.4 Å². The highest BCUT2D eigenvalue weighted by Crippen LogP contribution is 2.58. The van der Waals surface area contributed by atoms with Gasteiger partial charge >= 0.3 is 0 Å². The maximum atomic E-state index is 4.54. The molecule has 2 bridgehead atoms. The molecule has 1 aromatic heterocycles. The van der Waals surface area contributed by atoms with Gasteiger partial charge in [0.1, 0.15) is 5.82 Å². The highest BCUT2D eigenvalue weighted by Gasteiger charge is 2.48. The third-order valence-corrected chi connectivity index (χ3v) is 5.23. The van der Waals surface area contributed by atoms with Gasteiger partial charge in [0.25, 0.3) is 0 Å². The average Bonchev–Trinajstić information content (AvgIpc) is 2.68. The minimum absolute atomic E-state index is 0.271. The standard InChI is InChI=1S/C13H11IN2/c14-13-7-9(8-13)10-3-1-2-4-11(10)12-15-5-6-16(12)13/h1-6,9H,7-8H2. The zero-order valence-corrected chi connectivity index (χ0v) is 10.9. The van der Waals surface area contributed by atoms with Gasteiger partial charge in [-0.2, -0.15) is 0 Å². The molecule has 3 aliphatic rings. The van der Waals surface area contributed by atoms with Gasteiger partial charge in [0, 0.05) is 18.0 Å². The number of hydrogen-bond acceptors (Lipinski definition) is 1. The minimum atomic E-state index is 0.271. The van der Waals surface area contributed by atoms with Gasteiger partial charge in [-0.1, -0.05) is 46.9 Å². The van der Waals surface area contributed by atoms with Crippen LogP contribution in [0.3, 0.4) is 0 Å². The molecule has 0 unspecified atom stereocenters. The molecule has 0 amide bonds. The molecule has 0 radical (unpaired) electrons. The molecular formula is C13H11IN2. The molecule has 2 aromatic rings. The third-order valence-electron chi connectivity index (χ3n) is 3.83. The van der Waals surface area contributed by atoms with E-state index in [0.717, 1.165) is 11.7 Å². The van der Waals surface area contributed by atoms with Crippen molar-refractivity contribution in [1.82, 2.24) is 9.55 Å². The highest BCUT2D eigenvalue weighted by atomic mass is 127. The smallest absolute Gasteiger partial charge is 0.141 e. The van der Waals surface area contributed by atoms with Gasteiger partial charge in [0.2, 0.25) is 0 Å². The van der Waals surface area contributed by atoms with Gasteiger partial charge in [-0.05, 0) is 24.3 Å². The van der Waals surface area contributed by atoms with E-state index in [9.17, 15) is 0 Å². The maximum absolute atomic E-state index is 4.54. The lowest BCUT2D eigenvalue weighted by Gasteiger charge is -2.43. The number of nitrogens with zero attached hydrogens (tertiary/aromatic N) is 2. The van der Waals surface area contributed by atoms with Gasteiger partial charge in [-0.15, -0.1) is 0 Å². The van der Waals surface area contributed by atoms with Crippen LogP contribution in [0.2, 0.25) is 0 Å². The van der Waals surface area contributed by atoms with E-state index in [-0.39, 0.29) is 3.55 Å². The molecule has 1 aromatic carbocycles. The summed E-state index contributed by atoms with van der Waals surface area (Å²) in [5.74, 6) is 1.87. The van der Waals surface area contributed by atoms with Crippen LogP contribution < -0.4 is 0 Å². The lowest BCUT2D eigenvalue weighted by atomic mass is 9.76. The summed E-state index contributed by atoms with van der Waals surface area (Å²) in [5.41, 5.74) is 2.81. The Kier molecular flexibility index (Phi) is 1.66. The van der Waals surface area contributed by atoms with Crippen LogP contribution in [0.5, 0.6) is 0 Å². The Balaban J connectivity index is 2.08. The van der Waals surface area contributed by atoms with Crippen LogP contribution in [-0.2, 0) is 3.55 Å². The Bertz CT molecular complexity index is 567. The van der Waals surface area contributed by atoms with Gasteiger partial charge in [-0.25, -0.2) is 4.98 Å². The Morgan fingerprint density at radius 2 is 2.12 bits per heavy atom. The van der Waals surface area contributed by atoms with Crippen LogP contribution >= 0.6 is 22.6 Å². The molecule has 3 heterocycles. The number of benzene rings is 1. The predicted octanol–water partition coefficient (Wildman–Crippen LogP) is 3.53. The first-order chi connectivity index (χ1) is 7.78. The fourth-order valence-electron chi connectivity index (χ4n) is 2.99. The van der Waals surface area contributed by atoms with Crippen LogP contribution in [0.15, 0.2) is 36.7 Å². The fourth-order valence-corrected chi connectivity index (χ4v) is 4.45. The summed E-state index contributed by atoms with van der Waals surface area (Å²) < 4.78 is 2.63. The number of aromatic nitrogens is 2. The molecule has 2 nitrogen and oxygen atoms in total. The van der Waals surface area contributed by atoms with Crippen molar-refractivity contribution in [2.24, 2.45) is 0 Å². The number of hydrogen-bond donors (Lipinski definition) is 0. The van der Waals surface area contributed by atoms with Crippen molar-refractivity contribution in [2.45, 2.75) is 22.3 Å². The zero-order valence-electron chi connectivity index (χ0n) is 8.73. The van der Waals surface area contributed by atoms with Crippen molar-refractivity contribution in [3.63, 3.8) is 0 Å². The first-order valence-corrected chi connectivity index (χ1v) is 6.68. The number of rotatable bonds is 0. The number of imidazole rings is 1. The van der Waals surface area contributed by atoms with Crippen LogP contribution in [0, 0.1) is 0 Å². The van der Waals surface area contributed by atoms with Crippen LogP contribution in [-0.4, -0.2) is 9.55 Å². The zero-order chi connectivity index (χ0) is 10.8. The molecule has 5 rings (SSSR count). The summed E-state index contributed by atoms with van der Waals surface area (Å²) in [4.78, 5) is 4.54. The largest absolute Gasteiger partial charge is 0.316 e. The second-order valence-corrected chi connectivity index (χ2v) is 6.74. The molecule has 1 saturated carbocycles. The Labute approximate surface area is 108 Å². The van der Waals surface area contributed by atoms with E-state index in [1.165, 1.54) is 24.0 Å². The summed E-state index contributed by atoms with van der Waals surface area (Å²) in [6.45, 7) is 0. The van der Waals surface area contributed by atoms with Crippen LogP contribution in [0.4, 0.5) is 0 Å². The van der Waals surface area contributed by atoms with E-state index >= 15 is 0 Å². The maximum Gasteiger partial charge on any atom is 0.141 e. The van der Waals surface area contributed by atoms with Crippen molar-refractivity contribution < 1.29 is 0 Å². The highest BCUT2D eigenvalue weighted by molar-refractivity contribution is 14.1. The van der Waals surface area contributed by atoms with E-state index in [4.69, 9.17) is 0 Å². The van der Waals surface area contributed by atoms with Gasteiger partial charge in [0.05, 0.1) is 3.55 Å². The molecule has 0 saturated heterocycles. The molecule has 3 heteroatoms. The first-order valence-electron chi connectivity index (χ1n) is 5.60. The van der Waals surface area contributed by atoms with Crippen molar-refractivity contribution in [3.8, 4) is 11.4 Å². The molecular weight excluding hydrogens is 311 g/mol. The number of halogens is 1. The topological polar surface area (TPSA) is 17.8 Å². The van der Waals surface area contributed by atoms with Crippen molar-refractivity contribution in [3.05, 3.63) is 42.2 Å². The summed E-state index contributed by atoms with van der Waals surface area (Å²) in [6, 6.07) is 8.72. The summed E-state index contributed by atoms with van der Waals surface area (Å²) >= 11 is 2.59. The Morgan fingerprint density at radius 1 is 1.31 bits per heavy atom. The molecule has 80 valence electrons. The lowest BCUT2D eigenvalue weighted by Crippen LogP contribution is -2.37. The van der Waals surface area contributed by atoms with Crippen molar-refractivity contribution in [1.29, 1.82) is 0 Å². The first kappa shape index (κ1) is 9.22. The normalized spacial score (nSPS) is 29.9. The Morgan fingerprint density at radius 3 is 3.00 bits per heavy atom. The molecule has 1 aliphatic carbocycles. The quantitative estimate of drug-likeness (QED) is 0.536. The van der Waals surface area contributed by atoms with Crippen molar-refractivity contribution in [2.75, 3.05) is 0 Å². The van der Waals surface area contributed by atoms with E-state index < -0.39 is 0 Å². The van der Waals surface area contributed by atoms with Crippen LogP contribution in [0.1, 0.15) is 24.3 Å². The SMILES string of the molecule is IC12CC(C1)c1ccccc1-c1nccn12. The minimum Gasteiger partial charge on any atom is -0.316 e. The van der Waals surface area contributed by atoms with E-state index in [0.29, 0.717) is 0 Å². The van der Waals surface area contributed by atoms with Crippen molar-refractivity contribution >= 4 is 22.6 Å². The van der Waals surface area contributed by atoms with Gasteiger partial charge in [0.15, 0.2) is 0 Å². The monoisotopic (exact) mass is 322 g/mol. The second kappa shape index (κ2) is 2.88. The molecule has 0 spiro atoms. The average molecular weight is 322 g/mol. The summed E-state index contributed by atoms with van der Waals surface area (Å²) in [5, 5.41) is 0. The molecule has 1 fully saturated rings. The van der Waals surface area contributed by atoms with E-state index in [2.05, 4.69) is 62.6 Å². The third kappa shape index (κ3) is 0.998. The molecule has 16 heavy (non-hydrogen) atoms. The lowest BCUT2D eigenvalue weighted by molar-refractivity contribution is 0.252. The molecule has 0 atom stereocenters. The van der Waals surface area contributed by atoms with E-state index in [1.54, 1.807) is 0 Å².